The molecule has 0 aliphatic heterocycles. The number of rotatable bonds is 4. The molecule has 2 N–H and O–H groups in total. The van der Waals surface area contributed by atoms with Gasteiger partial charge < -0.3 is 15.0 Å². The lowest BCUT2D eigenvalue weighted by Gasteiger charge is -2.09. The standard InChI is InChI=1S/C22H17F3N4O3/c1-12-16(20(30)27-14-8-10-15(32-2)11-9-14)21(31)29-19(26-12)17(13-6-4-3-5-7-13)18(28-29)22(23,24)25/h3-11,26H,1-2H3,(H,27,30). The molecule has 0 radical (unpaired) electrons. The van der Waals surface area contributed by atoms with Crippen LogP contribution >= 0.6 is 0 Å². The molecule has 0 spiro atoms. The van der Waals surface area contributed by atoms with Crippen molar-refractivity contribution < 1.29 is 22.7 Å². The number of carbonyl (C=O) groups excluding carboxylic acids is 1. The number of hydrogen-bond acceptors (Lipinski definition) is 4. The molecule has 0 unspecified atom stereocenters. The zero-order valence-corrected chi connectivity index (χ0v) is 16.9. The molecule has 1 amide bonds. The number of amides is 1. The van der Waals surface area contributed by atoms with Crippen molar-refractivity contribution >= 4 is 17.2 Å². The Morgan fingerprint density at radius 1 is 1.09 bits per heavy atom. The Morgan fingerprint density at radius 3 is 2.34 bits per heavy atom. The van der Waals surface area contributed by atoms with Gasteiger partial charge in [0.25, 0.3) is 11.5 Å². The third-order valence-electron chi connectivity index (χ3n) is 4.88. The fraction of sp³-hybridized carbons (Fsp3) is 0.136. The first-order chi connectivity index (χ1) is 15.2. The van der Waals surface area contributed by atoms with Crippen LogP contribution in [0.3, 0.4) is 0 Å². The molecule has 0 saturated carbocycles. The van der Waals surface area contributed by atoms with E-state index in [0.29, 0.717) is 16.0 Å². The topological polar surface area (TPSA) is 88.5 Å². The first-order valence-corrected chi connectivity index (χ1v) is 9.44. The maximum absolute atomic E-state index is 13.7. The molecule has 0 aliphatic carbocycles. The molecule has 32 heavy (non-hydrogen) atoms. The lowest BCUT2D eigenvalue weighted by Crippen LogP contribution is -2.29. The van der Waals surface area contributed by atoms with Crippen LogP contribution in [0.15, 0.2) is 59.4 Å². The van der Waals surface area contributed by atoms with Gasteiger partial charge in [0.1, 0.15) is 17.0 Å². The Bertz CT molecular complexity index is 1360. The molecule has 2 heterocycles. The van der Waals surface area contributed by atoms with Gasteiger partial charge in [-0.15, -0.1) is 0 Å². The van der Waals surface area contributed by atoms with E-state index in [1.54, 1.807) is 42.5 Å². The number of hydrogen-bond donors (Lipinski definition) is 2. The summed E-state index contributed by atoms with van der Waals surface area (Å²) in [7, 11) is 1.49. The molecular weight excluding hydrogens is 425 g/mol. The van der Waals surface area contributed by atoms with Gasteiger partial charge in [-0.3, -0.25) is 9.59 Å². The van der Waals surface area contributed by atoms with Gasteiger partial charge in [0, 0.05) is 11.4 Å². The minimum Gasteiger partial charge on any atom is -0.497 e. The van der Waals surface area contributed by atoms with Crippen LogP contribution in [0.25, 0.3) is 16.8 Å². The van der Waals surface area contributed by atoms with Gasteiger partial charge in [-0.05, 0) is 36.8 Å². The maximum atomic E-state index is 13.7. The summed E-state index contributed by atoms with van der Waals surface area (Å²) in [4.78, 5) is 28.6. The van der Waals surface area contributed by atoms with Crippen molar-refractivity contribution in [3.63, 3.8) is 0 Å². The average Bonchev–Trinajstić information content (AvgIpc) is 3.15. The summed E-state index contributed by atoms with van der Waals surface area (Å²) in [6.07, 6.45) is -4.81. The van der Waals surface area contributed by atoms with Crippen molar-refractivity contribution in [2.45, 2.75) is 13.1 Å². The van der Waals surface area contributed by atoms with E-state index in [0.717, 1.165) is 0 Å². The second kappa shape index (κ2) is 7.88. The molecule has 2 aromatic carbocycles. The highest BCUT2D eigenvalue weighted by Crippen LogP contribution is 2.38. The van der Waals surface area contributed by atoms with E-state index in [4.69, 9.17) is 4.74 Å². The van der Waals surface area contributed by atoms with E-state index >= 15 is 0 Å². The van der Waals surface area contributed by atoms with Crippen LogP contribution in [-0.2, 0) is 6.18 Å². The number of nitrogens with one attached hydrogen (secondary N) is 2. The largest absolute Gasteiger partial charge is 0.497 e. The number of anilines is 1. The number of H-pyrrole nitrogens is 1. The Hall–Kier alpha value is -4.08. The molecule has 0 saturated heterocycles. The van der Waals surface area contributed by atoms with Gasteiger partial charge in [0.2, 0.25) is 0 Å². The van der Waals surface area contributed by atoms with Crippen molar-refractivity contribution in [1.82, 2.24) is 14.6 Å². The highest BCUT2D eigenvalue weighted by Gasteiger charge is 2.39. The van der Waals surface area contributed by atoms with E-state index in [-0.39, 0.29) is 28.0 Å². The molecule has 7 nitrogen and oxygen atoms in total. The number of alkyl halides is 3. The number of benzene rings is 2. The number of ether oxygens (including phenoxy) is 1. The minimum absolute atomic E-state index is 0.110. The van der Waals surface area contributed by atoms with E-state index in [1.807, 2.05) is 0 Å². The predicted octanol–water partition coefficient (Wildman–Crippen LogP) is 4.28. The van der Waals surface area contributed by atoms with Crippen LogP contribution in [-0.4, -0.2) is 27.6 Å². The first-order valence-electron chi connectivity index (χ1n) is 9.44. The van der Waals surface area contributed by atoms with Crippen LogP contribution < -0.4 is 15.6 Å². The molecule has 10 heteroatoms. The number of halogens is 3. The fourth-order valence-electron chi connectivity index (χ4n) is 3.40. The zero-order chi connectivity index (χ0) is 23.0. The van der Waals surface area contributed by atoms with Crippen LogP contribution in [0.1, 0.15) is 21.7 Å². The second-order valence-electron chi connectivity index (χ2n) is 6.96. The summed E-state index contributed by atoms with van der Waals surface area (Å²) in [5, 5.41) is 6.09. The van der Waals surface area contributed by atoms with Crippen LogP contribution in [0.5, 0.6) is 5.75 Å². The smallest absolute Gasteiger partial charge is 0.435 e. The van der Waals surface area contributed by atoms with E-state index in [9.17, 15) is 22.8 Å². The Morgan fingerprint density at radius 2 is 1.75 bits per heavy atom. The van der Waals surface area contributed by atoms with E-state index in [2.05, 4.69) is 15.4 Å². The minimum atomic E-state index is -4.81. The van der Waals surface area contributed by atoms with Crippen LogP contribution in [0.4, 0.5) is 18.9 Å². The van der Waals surface area contributed by atoms with Crippen molar-refractivity contribution in [3.05, 3.63) is 81.9 Å². The number of aryl methyl sites for hydroxylation is 1. The molecule has 0 aliphatic rings. The summed E-state index contributed by atoms with van der Waals surface area (Å²) in [5.41, 5.74) is -2.20. The van der Waals surface area contributed by atoms with Crippen LogP contribution in [0.2, 0.25) is 0 Å². The van der Waals surface area contributed by atoms with Gasteiger partial charge in [0.05, 0.1) is 12.7 Å². The van der Waals surface area contributed by atoms with Crippen molar-refractivity contribution in [2.24, 2.45) is 0 Å². The van der Waals surface area contributed by atoms with E-state index in [1.165, 1.54) is 26.2 Å². The summed E-state index contributed by atoms with van der Waals surface area (Å²) in [6, 6.07) is 14.2. The maximum Gasteiger partial charge on any atom is 0.435 e. The molecule has 4 aromatic rings. The molecular formula is C22H17F3N4O3. The Kier molecular flexibility index (Phi) is 5.21. The summed E-state index contributed by atoms with van der Waals surface area (Å²) >= 11 is 0. The third kappa shape index (κ3) is 3.70. The average molecular weight is 442 g/mol. The molecule has 0 atom stereocenters. The van der Waals surface area contributed by atoms with Crippen LogP contribution in [0, 0.1) is 6.92 Å². The number of fused-ring (bicyclic) bond motifs is 1. The Balaban J connectivity index is 1.86. The lowest BCUT2D eigenvalue weighted by atomic mass is 10.1. The molecule has 0 fully saturated rings. The van der Waals surface area contributed by atoms with Crippen molar-refractivity contribution in [1.29, 1.82) is 0 Å². The summed E-state index contributed by atoms with van der Waals surface area (Å²) < 4.78 is 46.8. The summed E-state index contributed by atoms with van der Waals surface area (Å²) in [5.74, 6) is -0.204. The number of methoxy groups -OCH3 is 1. The normalized spacial score (nSPS) is 11.5. The van der Waals surface area contributed by atoms with Crippen molar-refractivity contribution in [3.8, 4) is 16.9 Å². The highest BCUT2D eigenvalue weighted by atomic mass is 19.4. The highest BCUT2D eigenvalue weighted by molar-refractivity contribution is 6.05. The first kappa shape index (κ1) is 21.2. The SMILES string of the molecule is COc1ccc(NC(=O)c2c(C)[nH]c3c(-c4ccccc4)c(C(F)(F)F)nn3c2=O)cc1. The number of aromatic nitrogens is 3. The zero-order valence-electron chi connectivity index (χ0n) is 16.9. The molecule has 4 rings (SSSR count). The number of carbonyl (C=O) groups is 1. The van der Waals surface area contributed by atoms with Gasteiger partial charge in [-0.25, -0.2) is 0 Å². The molecule has 0 bridgehead atoms. The number of aromatic amines is 1. The number of nitrogens with zero attached hydrogens (tertiary/aromatic N) is 2. The monoisotopic (exact) mass is 442 g/mol. The van der Waals surface area contributed by atoms with E-state index < -0.39 is 23.3 Å². The van der Waals surface area contributed by atoms with Gasteiger partial charge in [-0.1, -0.05) is 30.3 Å². The predicted molar refractivity (Wildman–Crippen MR) is 112 cm³/mol. The lowest BCUT2D eigenvalue weighted by molar-refractivity contribution is -0.140. The van der Waals surface area contributed by atoms with Crippen molar-refractivity contribution in [2.75, 3.05) is 12.4 Å². The second-order valence-corrected chi connectivity index (χ2v) is 6.96. The molecule has 164 valence electrons. The third-order valence-corrected chi connectivity index (χ3v) is 4.88. The molecule has 2 aromatic heterocycles. The van der Waals surface area contributed by atoms with Gasteiger partial charge in [0.15, 0.2) is 5.69 Å². The summed E-state index contributed by atoms with van der Waals surface area (Å²) in [6.45, 7) is 1.44. The quantitative estimate of drug-likeness (QED) is 0.494. The fourth-order valence-corrected chi connectivity index (χ4v) is 3.40. The Labute approximate surface area is 179 Å². The van der Waals surface area contributed by atoms with Gasteiger partial charge >= 0.3 is 6.18 Å². The van der Waals surface area contributed by atoms with Gasteiger partial charge in [-0.2, -0.15) is 22.8 Å².